The van der Waals surface area contributed by atoms with Crippen molar-refractivity contribution in [3.8, 4) is 17.1 Å². The minimum atomic E-state index is -0.484. The fourth-order valence-corrected chi connectivity index (χ4v) is 12.7. The summed E-state index contributed by atoms with van der Waals surface area (Å²) in [6, 6.07) is 11.0. The Bertz CT molecular complexity index is 2240. The number of pyridine rings is 1. The molecule has 0 N–H and O–H groups in total. The fourth-order valence-electron chi connectivity index (χ4n) is 12.7. The Morgan fingerprint density at radius 3 is 2.60 bits per heavy atom. The summed E-state index contributed by atoms with van der Waals surface area (Å²) >= 11 is 0. The van der Waals surface area contributed by atoms with Gasteiger partial charge in [-0.2, -0.15) is 0 Å². The zero-order chi connectivity index (χ0) is 41.6. The topological polar surface area (TPSA) is 117 Å². The maximum Gasteiger partial charge on any atom is 0.311 e. The molecule has 4 fully saturated rings. The van der Waals surface area contributed by atoms with Crippen molar-refractivity contribution in [1.82, 2.24) is 15.0 Å². The second-order valence-electron chi connectivity index (χ2n) is 19.8. The number of anilines is 1. The number of aromatic nitrogens is 3. The van der Waals surface area contributed by atoms with Gasteiger partial charge in [0.25, 0.3) is 0 Å². The van der Waals surface area contributed by atoms with Crippen molar-refractivity contribution >= 4 is 40.0 Å². The van der Waals surface area contributed by atoms with Crippen LogP contribution >= 0.6 is 0 Å². The van der Waals surface area contributed by atoms with Gasteiger partial charge in [0.05, 0.1) is 31.4 Å². The standard InChI is InChI=1S/C50H64N4O6/c1-31(2)9-6-10-32(3)39-16-17-40-37-15-14-34-30-36(20-22-49(34,4)41(37)21-23-50(39,40)5)59-43(56)19-18-42(55)58-35-12-7-11-33(29-35)46-52-44-38-13-8-24-51-48(38)60-45(44)47(53-46)54-25-27-57-28-26-54/h7-8,11-14,24,29,31-32,36-37,39-41H,6,9-10,15-23,25-28,30H2,1-5H3/t32-,36?,37?,39-,40+,41+,49+,50-/m1/s1. The molecule has 320 valence electrons. The van der Waals surface area contributed by atoms with Gasteiger partial charge < -0.3 is 23.5 Å². The van der Waals surface area contributed by atoms with Crippen LogP contribution in [0.3, 0.4) is 0 Å². The first-order valence-corrected chi connectivity index (χ1v) is 23.1. The van der Waals surface area contributed by atoms with Crippen LogP contribution in [0.1, 0.15) is 118 Å². The highest BCUT2D eigenvalue weighted by molar-refractivity contribution is 6.05. The van der Waals surface area contributed by atoms with E-state index in [1.807, 2.05) is 24.3 Å². The predicted octanol–water partition coefficient (Wildman–Crippen LogP) is 10.9. The smallest absolute Gasteiger partial charge is 0.311 e. The van der Waals surface area contributed by atoms with Gasteiger partial charge in [-0.15, -0.1) is 0 Å². The molecule has 10 nitrogen and oxygen atoms in total. The average Bonchev–Trinajstić information content (AvgIpc) is 3.81. The Labute approximate surface area is 355 Å². The highest BCUT2D eigenvalue weighted by atomic mass is 16.5. The van der Waals surface area contributed by atoms with E-state index in [9.17, 15) is 9.59 Å². The number of allylic oxidation sites excluding steroid dienone is 1. The number of rotatable bonds is 12. The molecule has 0 spiro atoms. The summed E-state index contributed by atoms with van der Waals surface area (Å²) in [5.41, 5.74) is 4.63. The third-order valence-electron chi connectivity index (χ3n) is 15.8. The lowest BCUT2D eigenvalue weighted by molar-refractivity contribution is -0.153. The molecular weight excluding hydrogens is 753 g/mol. The number of fused-ring (bicyclic) bond motifs is 8. The minimum absolute atomic E-state index is 0.0162. The molecule has 10 heteroatoms. The number of furan rings is 1. The van der Waals surface area contributed by atoms with Gasteiger partial charge in [-0.3, -0.25) is 9.59 Å². The van der Waals surface area contributed by atoms with Gasteiger partial charge in [-0.05, 0) is 116 Å². The van der Waals surface area contributed by atoms with E-state index in [-0.39, 0.29) is 30.3 Å². The van der Waals surface area contributed by atoms with E-state index in [1.165, 1.54) is 56.9 Å². The molecule has 5 aliphatic rings. The van der Waals surface area contributed by atoms with Crippen molar-refractivity contribution in [2.24, 2.45) is 46.3 Å². The molecule has 2 unspecified atom stereocenters. The van der Waals surface area contributed by atoms with Gasteiger partial charge >= 0.3 is 11.9 Å². The molecule has 4 aromatic rings. The molecule has 60 heavy (non-hydrogen) atoms. The summed E-state index contributed by atoms with van der Waals surface area (Å²) in [6.07, 6.45) is 17.5. The molecular formula is C50H64N4O6. The summed E-state index contributed by atoms with van der Waals surface area (Å²) in [5.74, 6) is 5.50. The fraction of sp³-hybridized carbons (Fsp3) is 0.620. The minimum Gasteiger partial charge on any atom is -0.462 e. The van der Waals surface area contributed by atoms with Gasteiger partial charge in [0.15, 0.2) is 17.2 Å². The van der Waals surface area contributed by atoms with Crippen LogP contribution in [0, 0.1) is 46.3 Å². The molecule has 1 aliphatic heterocycles. The summed E-state index contributed by atoms with van der Waals surface area (Å²) in [6.45, 7) is 15.0. The van der Waals surface area contributed by atoms with E-state index in [1.54, 1.807) is 18.3 Å². The number of hydrogen-bond acceptors (Lipinski definition) is 10. The molecule has 0 bridgehead atoms. The second-order valence-corrected chi connectivity index (χ2v) is 19.8. The lowest BCUT2D eigenvalue weighted by Gasteiger charge is -2.58. The molecule has 3 aromatic heterocycles. The van der Waals surface area contributed by atoms with Gasteiger partial charge in [-0.1, -0.05) is 77.7 Å². The van der Waals surface area contributed by atoms with Crippen LogP contribution in [0.15, 0.2) is 58.7 Å². The number of ether oxygens (including phenoxy) is 3. The zero-order valence-corrected chi connectivity index (χ0v) is 36.4. The van der Waals surface area contributed by atoms with Gasteiger partial charge in [0, 0.05) is 31.3 Å². The van der Waals surface area contributed by atoms with Gasteiger partial charge in [0.2, 0.25) is 5.71 Å². The second kappa shape index (κ2) is 16.9. The predicted molar refractivity (Wildman–Crippen MR) is 233 cm³/mol. The number of morpholine rings is 1. The Morgan fingerprint density at radius 1 is 0.933 bits per heavy atom. The van der Waals surface area contributed by atoms with Crippen molar-refractivity contribution in [2.45, 2.75) is 124 Å². The van der Waals surface area contributed by atoms with E-state index < -0.39 is 5.97 Å². The van der Waals surface area contributed by atoms with E-state index in [0.29, 0.717) is 71.5 Å². The number of carbonyl (C=O) groups is 2. The van der Waals surface area contributed by atoms with Crippen LogP contribution in [0.4, 0.5) is 5.82 Å². The molecule has 0 amide bonds. The Morgan fingerprint density at radius 2 is 1.77 bits per heavy atom. The number of benzene rings is 1. The quantitative estimate of drug-likeness (QED) is 0.0777. The first kappa shape index (κ1) is 41.1. The maximum atomic E-state index is 13.2. The zero-order valence-electron chi connectivity index (χ0n) is 36.4. The summed E-state index contributed by atoms with van der Waals surface area (Å²) in [4.78, 5) is 42.6. The monoisotopic (exact) mass is 816 g/mol. The normalized spacial score (nSPS) is 29.5. The van der Waals surface area contributed by atoms with Crippen LogP contribution in [0.2, 0.25) is 0 Å². The van der Waals surface area contributed by atoms with E-state index in [2.05, 4.69) is 50.6 Å². The largest absolute Gasteiger partial charge is 0.462 e. The number of carbonyl (C=O) groups excluding carboxylic acids is 2. The molecule has 8 atom stereocenters. The van der Waals surface area contributed by atoms with E-state index >= 15 is 0 Å². The summed E-state index contributed by atoms with van der Waals surface area (Å²) in [5, 5.41) is 0.804. The lowest BCUT2D eigenvalue weighted by atomic mass is 9.47. The third kappa shape index (κ3) is 7.86. The van der Waals surface area contributed by atoms with Crippen LogP contribution in [-0.2, 0) is 19.1 Å². The van der Waals surface area contributed by atoms with Crippen molar-refractivity contribution in [3.63, 3.8) is 0 Å². The lowest BCUT2D eigenvalue weighted by Crippen LogP contribution is -2.51. The van der Waals surface area contributed by atoms with Crippen molar-refractivity contribution in [1.29, 1.82) is 0 Å². The summed E-state index contributed by atoms with van der Waals surface area (Å²) < 4.78 is 23.6. The van der Waals surface area contributed by atoms with E-state index in [0.717, 1.165) is 60.2 Å². The van der Waals surface area contributed by atoms with Gasteiger partial charge in [-0.25, -0.2) is 15.0 Å². The highest BCUT2D eigenvalue weighted by Gasteiger charge is 2.59. The van der Waals surface area contributed by atoms with E-state index in [4.69, 9.17) is 28.6 Å². The molecule has 1 aromatic carbocycles. The molecule has 9 rings (SSSR count). The van der Waals surface area contributed by atoms with Crippen LogP contribution in [0.25, 0.3) is 33.6 Å². The third-order valence-corrected chi connectivity index (χ3v) is 15.8. The first-order chi connectivity index (χ1) is 29.0. The van der Waals surface area contributed by atoms with Crippen molar-refractivity contribution in [2.75, 3.05) is 31.2 Å². The molecule has 0 radical (unpaired) electrons. The van der Waals surface area contributed by atoms with Crippen LogP contribution in [0.5, 0.6) is 5.75 Å². The average molecular weight is 817 g/mol. The Kier molecular flexibility index (Phi) is 11.5. The molecule has 3 saturated carbocycles. The highest BCUT2D eigenvalue weighted by Crippen LogP contribution is 2.67. The van der Waals surface area contributed by atoms with Crippen LogP contribution in [-0.4, -0.2) is 59.3 Å². The number of esters is 2. The number of nitrogens with zero attached hydrogens (tertiary/aromatic N) is 4. The van der Waals surface area contributed by atoms with Crippen molar-refractivity contribution < 1.29 is 28.2 Å². The SMILES string of the molecule is CC(C)CCC[C@@H](C)[C@H]1CC[C@H]2C3CC=C4CC(OC(=O)CCC(=O)Oc5cccc(-c6nc(N7CCOCC7)c7oc8ncccc8c7n6)c5)CC[C@]4(C)[C@H]3CC[C@]12C. The van der Waals surface area contributed by atoms with Crippen molar-refractivity contribution in [3.05, 3.63) is 54.2 Å². The molecule has 4 aliphatic carbocycles. The first-order valence-electron chi connectivity index (χ1n) is 23.1. The maximum absolute atomic E-state index is 13.2. The Balaban J connectivity index is 0.799. The molecule has 1 saturated heterocycles. The van der Waals surface area contributed by atoms with Gasteiger partial charge in [0.1, 0.15) is 17.4 Å². The Hall–Kier alpha value is -4.31. The summed E-state index contributed by atoms with van der Waals surface area (Å²) in [7, 11) is 0. The number of hydrogen-bond donors (Lipinski definition) is 0. The molecule has 4 heterocycles. The van der Waals surface area contributed by atoms with Crippen LogP contribution < -0.4 is 9.64 Å².